The van der Waals surface area contributed by atoms with Crippen molar-refractivity contribution >= 4 is 29.4 Å². The minimum atomic E-state index is -2.35. The number of rotatable bonds is 27. The average Bonchev–Trinajstić information content (AvgIpc) is 0.776. The number of nitrogens with one attached hydrogen (secondary N) is 5. The first-order valence-electron chi connectivity index (χ1n) is 32.1. The normalized spacial score (nSPS) is 45.7. The minimum Gasteiger partial charge on any atom is -0.394 e. The van der Waals surface area contributed by atoms with Gasteiger partial charge in [0.15, 0.2) is 31.4 Å². The topological polar surface area (TPSA) is 591 Å². The first-order chi connectivity index (χ1) is 45.4. The quantitative estimate of drug-likeness (QED) is 0.0363. The third kappa shape index (κ3) is 17.8. The molecule has 0 aromatic heterocycles. The van der Waals surface area contributed by atoms with Gasteiger partial charge >= 0.3 is 0 Å². The van der Waals surface area contributed by atoms with E-state index in [2.05, 4.69) is 26.6 Å². The second-order valence-electron chi connectivity index (χ2n) is 25.4. The summed E-state index contributed by atoms with van der Waals surface area (Å²) < 4.78 is 67.7. The number of aliphatic hydroxyl groups excluding tert-OH is 17. The van der Waals surface area contributed by atoms with Crippen LogP contribution in [0, 0.1) is 17.8 Å². The third-order valence-electron chi connectivity index (χ3n) is 19.0. The Hall–Kier alpha value is -3.61. The van der Waals surface area contributed by atoms with Crippen molar-refractivity contribution in [1.82, 2.24) is 26.6 Å². The molecule has 7 fully saturated rings. The summed E-state index contributed by atoms with van der Waals surface area (Å²) in [5.41, 5.74) is 0. The fourth-order valence-corrected chi connectivity index (χ4v) is 13.6. The van der Waals surface area contributed by atoms with Crippen LogP contribution in [0.25, 0.3) is 0 Å². The highest BCUT2D eigenvalue weighted by Gasteiger charge is 2.60. The Morgan fingerprint density at radius 2 is 0.917 bits per heavy atom. The largest absolute Gasteiger partial charge is 0.394 e. The van der Waals surface area contributed by atoms with E-state index in [9.17, 15) is 111 Å². The molecule has 0 spiro atoms. The molecule has 0 aromatic carbocycles. The number of ketones is 1. The first kappa shape index (κ1) is 79.7. The lowest BCUT2D eigenvalue weighted by molar-refractivity contribution is -0.382. The Morgan fingerprint density at radius 3 is 1.49 bits per heavy atom. The molecule has 0 aromatic rings. The fourth-order valence-electron chi connectivity index (χ4n) is 13.6. The molecule has 0 aliphatic carbocycles. The highest BCUT2D eigenvalue weighted by Crippen LogP contribution is 2.42. The molecule has 7 saturated heterocycles. The van der Waals surface area contributed by atoms with Crippen LogP contribution in [-0.4, -0.2) is 365 Å². The molecule has 36 atom stereocenters. The van der Waals surface area contributed by atoms with Gasteiger partial charge in [0.2, 0.25) is 23.6 Å². The Bertz CT molecular complexity index is 2510. The fraction of sp³-hybridized carbons (Fsp3) is 0.914. The van der Waals surface area contributed by atoms with Crippen LogP contribution in [0.4, 0.5) is 0 Å². The molecule has 38 nitrogen and oxygen atoms in total. The molecule has 7 heterocycles. The molecule has 0 radical (unpaired) electrons. The zero-order valence-electron chi connectivity index (χ0n) is 54.0. The van der Waals surface area contributed by atoms with Gasteiger partial charge in [-0.3, -0.25) is 24.0 Å². The van der Waals surface area contributed by atoms with Gasteiger partial charge < -0.3 is 166 Å². The van der Waals surface area contributed by atoms with Gasteiger partial charge in [-0.05, 0) is 19.9 Å². The van der Waals surface area contributed by atoms with Crippen molar-refractivity contribution in [2.75, 3.05) is 46.7 Å². The molecule has 4 amide bonds. The minimum absolute atomic E-state index is 0.0275. The van der Waals surface area contributed by atoms with Gasteiger partial charge in [-0.2, -0.15) is 0 Å². The van der Waals surface area contributed by atoms with Crippen LogP contribution in [0.15, 0.2) is 0 Å². The van der Waals surface area contributed by atoms with Crippen molar-refractivity contribution < 1.29 is 163 Å². The summed E-state index contributed by atoms with van der Waals surface area (Å²) >= 11 is 0. The highest BCUT2D eigenvalue weighted by molar-refractivity contribution is 5.89. The van der Waals surface area contributed by atoms with E-state index in [4.69, 9.17) is 52.1 Å². The van der Waals surface area contributed by atoms with E-state index in [-0.39, 0.29) is 25.0 Å². The summed E-state index contributed by atoms with van der Waals surface area (Å²) in [5, 5.41) is 204. The number of likely N-dealkylation sites (N-methyl/N-ethyl adjacent to an activating group) is 1. The van der Waals surface area contributed by atoms with E-state index in [1.165, 1.54) is 14.0 Å². The first-order valence-corrected chi connectivity index (χ1v) is 32.1. The lowest BCUT2D eigenvalue weighted by atomic mass is 9.77. The molecule has 7 aliphatic rings. The Balaban J connectivity index is 1.23. The summed E-state index contributed by atoms with van der Waals surface area (Å²) in [4.78, 5) is 64.1. The van der Waals surface area contributed by atoms with E-state index in [0.29, 0.717) is 0 Å². The van der Waals surface area contributed by atoms with Crippen molar-refractivity contribution in [1.29, 1.82) is 0 Å². The number of aliphatic hydroxyl groups is 17. The summed E-state index contributed by atoms with van der Waals surface area (Å²) in [6.45, 7) is 2.16. The number of ether oxygens (including phenoxy) is 11. The second kappa shape index (κ2) is 35.3. The van der Waals surface area contributed by atoms with Gasteiger partial charge in [0.05, 0.1) is 94.3 Å². The van der Waals surface area contributed by atoms with E-state index in [0.717, 1.165) is 20.8 Å². The number of carbonyl (C=O) groups is 5. The summed E-state index contributed by atoms with van der Waals surface area (Å²) in [6.07, 6.45) is -52.9. The molecule has 0 bridgehead atoms. The van der Waals surface area contributed by atoms with Crippen LogP contribution in [0.1, 0.15) is 67.2 Å². The number of hydrogen-bond donors (Lipinski definition) is 22. The van der Waals surface area contributed by atoms with Crippen LogP contribution < -0.4 is 26.6 Å². The molecule has 7 aliphatic heterocycles. The summed E-state index contributed by atoms with van der Waals surface area (Å²) in [7, 11) is 1.48. The Kier molecular flexibility index (Phi) is 29.3. The zero-order chi connectivity index (χ0) is 71.1. The highest BCUT2D eigenvalue weighted by atomic mass is 16.8. The van der Waals surface area contributed by atoms with E-state index >= 15 is 0 Å². The lowest BCUT2D eigenvalue weighted by Gasteiger charge is -2.52. The number of Topliss-reactive ketones (excluding diaryl/α,β-unsaturated/α-hetero) is 1. The van der Waals surface area contributed by atoms with E-state index in [1.807, 2.05) is 0 Å². The molecule has 38 heteroatoms. The molecule has 0 saturated carbocycles. The van der Waals surface area contributed by atoms with Gasteiger partial charge in [0, 0.05) is 45.4 Å². The standard InChI is InChI=1S/C58H99N5O33/c1-8-24(72)23(59-7)11-33(73)63-54-36(61-20(5)70)47(83)51(25(9-2)89-54)94-57-37(62-21(6)71)48(84)52(31(16-68)92-57)95-58-49(85)53(96-55-22(39(75)41(77)29(14-66)90-55)10-26-35(60-19(4)69)46(82)43(79)27(12-64)87-26)44(80)32(93-58)17-86-56-34(45(81)42(78)30(15-67)91-56)50-18(3)38(74)40(76)28(13-65)88-50/h18,22-23,25-32,34-59,64-68,74-85H,8-17H2,1-7H3,(H,60,69)(H,61,70)(H,62,71)(H,63,73)/t18?,22?,23-,25?,26-,27-,28?,29-,30?,31?,32?,34?,35?,36?,37?,38+,39?,40?,41+,42?,43+,44?,45+,46?,47+,48+,49?,50-,51?,52?,53-,54+,55+,56-,57-,58-/m0/s1. The van der Waals surface area contributed by atoms with Crippen molar-refractivity contribution in [3.05, 3.63) is 0 Å². The number of carbonyl (C=O) groups excluding carboxylic acids is 5. The van der Waals surface area contributed by atoms with Crippen molar-refractivity contribution in [3.63, 3.8) is 0 Å². The van der Waals surface area contributed by atoms with Crippen LogP contribution in [0.3, 0.4) is 0 Å². The SMILES string of the molecule is CCC(=O)[C@H](CC(=O)N[C@@H]1OC(CC)C(O[C@@H]2OC(CO)C(O[C@@H]3OC(CO[C@H]4OC(CO)C(O)[C@H](O)C4[C@H]4OC(CO)C(O)[C@H](O)C4C)C(O)[C@H](O[C@H]4O[C@@H](CO)[C@@H](O)C(O)C4C[C@@H]4O[C@@H](CO)[C@@H](O)C(O)C4NC(C)=O)C3O)[C@H](O)C2NC(C)=O)[C@H](O)C1NC(C)=O)NC. The number of hydrogen-bond acceptors (Lipinski definition) is 34. The molecule has 7 rings (SSSR count). The van der Waals surface area contributed by atoms with Crippen molar-refractivity contribution in [2.45, 2.75) is 269 Å². The monoisotopic (exact) mass is 1390 g/mol. The summed E-state index contributed by atoms with van der Waals surface area (Å²) in [6, 6.07) is -5.62. The van der Waals surface area contributed by atoms with Crippen molar-refractivity contribution in [2.24, 2.45) is 17.8 Å². The van der Waals surface area contributed by atoms with Crippen LogP contribution >= 0.6 is 0 Å². The second-order valence-corrected chi connectivity index (χ2v) is 25.4. The molecule has 554 valence electrons. The van der Waals surface area contributed by atoms with Crippen molar-refractivity contribution in [3.8, 4) is 0 Å². The molecular weight excluding hydrogens is 1290 g/mol. The molecule has 96 heavy (non-hydrogen) atoms. The van der Waals surface area contributed by atoms with Crippen LogP contribution in [0.5, 0.6) is 0 Å². The molecular formula is C58H99N5O33. The lowest BCUT2D eigenvalue weighted by Crippen LogP contribution is -2.71. The Morgan fingerprint density at radius 1 is 0.438 bits per heavy atom. The van der Waals surface area contributed by atoms with Gasteiger partial charge in [-0.15, -0.1) is 0 Å². The predicted octanol–water partition coefficient (Wildman–Crippen LogP) is -12.1. The average molecular weight is 1390 g/mol. The predicted molar refractivity (Wildman–Crippen MR) is 313 cm³/mol. The smallest absolute Gasteiger partial charge is 0.224 e. The maximum atomic E-state index is 13.4. The van der Waals surface area contributed by atoms with E-state index < -0.39 is 289 Å². The third-order valence-corrected chi connectivity index (χ3v) is 19.0. The molecule has 19 unspecified atom stereocenters. The van der Waals surface area contributed by atoms with Gasteiger partial charge in [-0.25, -0.2) is 0 Å². The number of amides is 4. The zero-order valence-corrected chi connectivity index (χ0v) is 54.0. The van der Waals surface area contributed by atoms with E-state index in [1.54, 1.807) is 13.8 Å². The van der Waals surface area contributed by atoms with Gasteiger partial charge in [-0.1, -0.05) is 20.8 Å². The maximum Gasteiger partial charge on any atom is 0.224 e. The Labute approximate surface area is 551 Å². The maximum absolute atomic E-state index is 13.4. The van der Waals surface area contributed by atoms with Gasteiger partial charge in [0.1, 0.15) is 128 Å². The summed E-state index contributed by atoms with van der Waals surface area (Å²) in [5.74, 6) is -7.56. The van der Waals surface area contributed by atoms with Gasteiger partial charge in [0.25, 0.3) is 0 Å². The molecule has 22 N–H and O–H groups in total. The van der Waals surface area contributed by atoms with Crippen LogP contribution in [-0.2, 0) is 76.1 Å². The van der Waals surface area contributed by atoms with Crippen LogP contribution in [0.2, 0.25) is 0 Å².